The first kappa shape index (κ1) is 23.0. The van der Waals surface area contributed by atoms with Crippen molar-refractivity contribution >= 4 is 27.6 Å². The first-order valence-electron chi connectivity index (χ1n) is 10.4. The van der Waals surface area contributed by atoms with Crippen molar-refractivity contribution in [3.05, 3.63) is 60.2 Å². The van der Waals surface area contributed by atoms with Crippen molar-refractivity contribution in [2.24, 2.45) is 5.41 Å². The lowest BCUT2D eigenvalue weighted by Gasteiger charge is -2.40. The van der Waals surface area contributed by atoms with Gasteiger partial charge in [-0.25, -0.2) is 8.42 Å². The molecule has 8 heteroatoms. The number of ether oxygens (including phenoxy) is 1. The summed E-state index contributed by atoms with van der Waals surface area (Å²) in [5.74, 6) is -0.591. The minimum absolute atomic E-state index is 0.0660. The van der Waals surface area contributed by atoms with Crippen molar-refractivity contribution < 1.29 is 22.7 Å². The van der Waals surface area contributed by atoms with Crippen molar-refractivity contribution in [3.63, 3.8) is 0 Å². The maximum Gasteiger partial charge on any atom is 0.313 e. The number of hydrogen-bond donors (Lipinski definition) is 1. The standard InChI is InChI=1S/C23H28N2O5S/c1-3-30-22(27)23(16-19-8-5-4-6-9-19)14-7-15-25(17-23)31(28,29)21-12-10-20(11-13-21)24-18(2)26/h4-6,8-13H,3,7,14-17H2,1-2H3,(H,24,26)/t23-/m0/s1. The molecule has 1 heterocycles. The van der Waals surface area contributed by atoms with Crippen molar-refractivity contribution in [1.29, 1.82) is 0 Å². The van der Waals surface area contributed by atoms with Gasteiger partial charge in [0, 0.05) is 25.7 Å². The predicted octanol–water partition coefficient (Wildman–Crippen LogP) is 3.22. The fourth-order valence-corrected chi connectivity index (χ4v) is 5.58. The Hall–Kier alpha value is -2.71. The lowest BCUT2D eigenvalue weighted by Crippen LogP contribution is -2.51. The van der Waals surface area contributed by atoms with Gasteiger partial charge in [0.25, 0.3) is 0 Å². The summed E-state index contributed by atoms with van der Waals surface area (Å²) in [5.41, 5.74) is 0.559. The van der Waals surface area contributed by atoms with Crippen LogP contribution >= 0.6 is 0 Å². The van der Waals surface area contributed by atoms with E-state index >= 15 is 0 Å². The van der Waals surface area contributed by atoms with Crippen LogP contribution in [-0.4, -0.2) is 44.3 Å². The molecule has 0 radical (unpaired) electrons. The Balaban J connectivity index is 1.89. The minimum Gasteiger partial charge on any atom is -0.466 e. The van der Waals surface area contributed by atoms with Gasteiger partial charge in [-0.1, -0.05) is 30.3 Å². The van der Waals surface area contributed by atoms with Gasteiger partial charge in [0.05, 0.1) is 16.9 Å². The number of sulfonamides is 1. The highest BCUT2D eigenvalue weighted by molar-refractivity contribution is 7.89. The molecule has 2 aromatic rings. The Kier molecular flexibility index (Phi) is 7.12. The molecule has 1 N–H and O–H groups in total. The Bertz CT molecular complexity index is 1020. The summed E-state index contributed by atoms with van der Waals surface area (Å²) in [6, 6.07) is 15.6. The van der Waals surface area contributed by atoms with E-state index in [4.69, 9.17) is 4.74 Å². The molecule has 2 aromatic carbocycles. The average molecular weight is 445 g/mol. The van der Waals surface area contributed by atoms with E-state index in [2.05, 4.69) is 5.32 Å². The molecule has 0 bridgehead atoms. The molecule has 1 aliphatic rings. The van der Waals surface area contributed by atoms with E-state index in [1.54, 1.807) is 19.1 Å². The predicted molar refractivity (Wildman–Crippen MR) is 118 cm³/mol. The number of piperidine rings is 1. The SMILES string of the molecule is CCOC(=O)[C@]1(Cc2ccccc2)CCCN(S(=O)(=O)c2ccc(NC(C)=O)cc2)C1. The number of rotatable bonds is 7. The molecule has 166 valence electrons. The fourth-order valence-electron chi connectivity index (χ4n) is 4.01. The van der Waals surface area contributed by atoms with E-state index in [1.807, 2.05) is 30.3 Å². The molecule has 0 aromatic heterocycles. The van der Waals surface area contributed by atoms with Crippen LogP contribution in [0.2, 0.25) is 0 Å². The molecular formula is C23H28N2O5S. The van der Waals surface area contributed by atoms with Crippen LogP contribution in [0.1, 0.15) is 32.3 Å². The second-order valence-electron chi connectivity index (χ2n) is 7.81. The highest BCUT2D eigenvalue weighted by Gasteiger charge is 2.46. The molecule has 3 rings (SSSR count). The largest absolute Gasteiger partial charge is 0.466 e. The number of nitrogens with zero attached hydrogens (tertiary/aromatic N) is 1. The Morgan fingerprint density at radius 1 is 1.10 bits per heavy atom. The van der Waals surface area contributed by atoms with Crippen LogP contribution in [0.5, 0.6) is 0 Å². The zero-order valence-electron chi connectivity index (χ0n) is 17.8. The smallest absolute Gasteiger partial charge is 0.313 e. The highest BCUT2D eigenvalue weighted by Crippen LogP contribution is 2.37. The molecule has 1 atom stereocenters. The summed E-state index contributed by atoms with van der Waals surface area (Å²) < 4.78 is 33.4. The van der Waals surface area contributed by atoms with Crippen LogP contribution in [0.4, 0.5) is 5.69 Å². The van der Waals surface area contributed by atoms with Crippen molar-refractivity contribution in [1.82, 2.24) is 4.31 Å². The second-order valence-corrected chi connectivity index (χ2v) is 9.75. The molecule has 0 unspecified atom stereocenters. The zero-order valence-corrected chi connectivity index (χ0v) is 18.7. The third-order valence-corrected chi connectivity index (χ3v) is 7.31. The van der Waals surface area contributed by atoms with E-state index in [0.29, 0.717) is 31.5 Å². The first-order valence-corrected chi connectivity index (χ1v) is 11.8. The van der Waals surface area contributed by atoms with Crippen LogP contribution in [-0.2, 0) is 30.8 Å². The summed E-state index contributed by atoms with van der Waals surface area (Å²) in [6.45, 7) is 3.79. The normalized spacial score (nSPS) is 19.5. The number of benzene rings is 2. The number of esters is 1. The molecular weight excluding hydrogens is 416 g/mol. The van der Waals surface area contributed by atoms with Gasteiger partial charge in [-0.05, 0) is 56.0 Å². The van der Waals surface area contributed by atoms with E-state index < -0.39 is 15.4 Å². The Morgan fingerprint density at radius 2 is 1.77 bits per heavy atom. The van der Waals surface area contributed by atoms with Gasteiger partial charge in [-0.2, -0.15) is 4.31 Å². The molecule has 31 heavy (non-hydrogen) atoms. The maximum atomic E-state index is 13.3. The zero-order chi connectivity index (χ0) is 22.5. The van der Waals surface area contributed by atoms with Crippen molar-refractivity contribution in [3.8, 4) is 0 Å². The monoisotopic (exact) mass is 444 g/mol. The van der Waals surface area contributed by atoms with Crippen LogP contribution in [0.25, 0.3) is 0 Å². The van der Waals surface area contributed by atoms with E-state index in [9.17, 15) is 18.0 Å². The summed E-state index contributed by atoms with van der Waals surface area (Å²) >= 11 is 0. The summed E-state index contributed by atoms with van der Waals surface area (Å²) in [5, 5.41) is 2.62. The van der Waals surface area contributed by atoms with Crippen LogP contribution in [0.15, 0.2) is 59.5 Å². The van der Waals surface area contributed by atoms with Crippen molar-refractivity contribution in [2.45, 2.75) is 38.0 Å². The van der Waals surface area contributed by atoms with E-state index in [1.165, 1.54) is 23.4 Å². The molecule has 1 aliphatic heterocycles. The molecule has 1 fully saturated rings. The van der Waals surface area contributed by atoms with E-state index in [0.717, 1.165) is 5.56 Å². The van der Waals surface area contributed by atoms with Gasteiger partial charge in [-0.15, -0.1) is 0 Å². The number of carbonyl (C=O) groups excluding carboxylic acids is 2. The Labute approximate surface area is 183 Å². The van der Waals surface area contributed by atoms with Gasteiger partial charge in [-0.3, -0.25) is 9.59 Å². The van der Waals surface area contributed by atoms with Gasteiger partial charge in [0.15, 0.2) is 0 Å². The summed E-state index contributed by atoms with van der Waals surface area (Å²) in [7, 11) is -3.81. The fraction of sp³-hybridized carbons (Fsp3) is 0.391. The van der Waals surface area contributed by atoms with E-state index in [-0.39, 0.29) is 29.9 Å². The lowest BCUT2D eigenvalue weighted by atomic mass is 9.75. The highest BCUT2D eigenvalue weighted by atomic mass is 32.2. The quantitative estimate of drug-likeness (QED) is 0.662. The van der Waals surface area contributed by atoms with Gasteiger partial charge >= 0.3 is 5.97 Å². The number of nitrogens with one attached hydrogen (secondary N) is 1. The van der Waals surface area contributed by atoms with Crippen LogP contribution in [0, 0.1) is 5.41 Å². The molecule has 0 saturated carbocycles. The van der Waals surface area contributed by atoms with Crippen LogP contribution < -0.4 is 5.32 Å². The number of carbonyl (C=O) groups is 2. The lowest BCUT2D eigenvalue weighted by molar-refractivity contribution is -0.157. The van der Waals surface area contributed by atoms with Crippen molar-refractivity contribution in [2.75, 3.05) is 25.0 Å². The van der Waals surface area contributed by atoms with Gasteiger partial charge < -0.3 is 10.1 Å². The van der Waals surface area contributed by atoms with Gasteiger partial charge in [0.1, 0.15) is 0 Å². The second kappa shape index (κ2) is 9.62. The molecule has 7 nitrogen and oxygen atoms in total. The average Bonchev–Trinajstić information content (AvgIpc) is 2.75. The van der Waals surface area contributed by atoms with Crippen LogP contribution in [0.3, 0.4) is 0 Å². The molecule has 0 aliphatic carbocycles. The summed E-state index contributed by atoms with van der Waals surface area (Å²) in [4.78, 5) is 24.3. The molecule has 1 amide bonds. The first-order chi connectivity index (χ1) is 14.8. The third kappa shape index (κ3) is 5.32. The topological polar surface area (TPSA) is 92.8 Å². The minimum atomic E-state index is -3.81. The molecule has 1 saturated heterocycles. The Morgan fingerprint density at radius 3 is 2.39 bits per heavy atom. The van der Waals surface area contributed by atoms with Gasteiger partial charge in [0.2, 0.25) is 15.9 Å². The maximum absolute atomic E-state index is 13.3. The molecule has 0 spiro atoms. The number of amides is 1. The number of anilines is 1. The third-order valence-electron chi connectivity index (χ3n) is 5.45. The number of hydrogen-bond acceptors (Lipinski definition) is 5. The summed E-state index contributed by atoms with van der Waals surface area (Å²) in [6.07, 6.45) is 1.54.